The lowest BCUT2D eigenvalue weighted by molar-refractivity contribution is -0.690. The van der Waals surface area contributed by atoms with Crippen molar-refractivity contribution in [1.29, 1.82) is 0 Å². The van der Waals surface area contributed by atoms with Gasteiger partial charge in [0.15, 0.2) is 4.77 Å². The number of rotatable bonds is 3. The molecule has 23 heavy (non-hydrogen) atoms. The van der Waals surface area contributed by atoms with Gasteiger partial charge in [-0.3, -0.25) is 14.3 Å². The van der Waals surface area contributed by atoms with Gasteiger partial charge in [0.2, 0.25) is 5.88 Å². The van der Waals surface area contributed by atoms with Crippen LogP contribution in [0.1, 0.15) is 49.0 Å². The molecule has 0 radical (unpaired) electrons. The van der Waals surface area contributed by atoms with Crippen molar-refractivity contribution in [2.45, 2.75) is 38.8 Å². The van der Waals surface area contributed by atoms with Crippen molar-refractivity contribution in [2.24, 2.45) is 0 Å². The first-order valence-electron chi connectivity index (χ1n) is 8.03. The minimum atomic E-state index is -0.301. The zero-order chi connectivity index (χ0) is 16.6. The number of aromatic nitrogens is 2. The average Bonchev–Trinajstić information content (AvgIpc) is 2.54. The first-order valence-corrected chi connectivity index (χ1v) is 8.44. The van der Waals surface area contributed by atoms with E-state index >= 15 is 0 Å². The number of nitrogens with one attached hydrogen (secondary N) is 1. The highest BCUT2D eigenvalue weighted by Crippen LogP contribution is 2.29. The summed E-state index contributed by atoms with van der Waals surface area (Å²) in [5, 5.41) is 12.9. The summed E-state index contributed by atoms with van der Waals surface area (Å²) in [6, 6.07) is 7.93. The van der Waals surface area contributed by atoms with E-state index in [0.29, 0.717) is 5.56 Å². The van der Waals surface area contributed by atoms with E-state index in [-0.39, 0.29) is 28.3 Å². The lowest BCUT2D eigenvalue weighted by Crippen LogP contribution is -2.87. The monoisotopic (exact) mass is 332 g/mol. The Morgan fingerprint density at radius 3 is 2.96 bits per heavy atom. The van der Waals surface area contributed by atoms with Gasteiger partial charge in [0, 0.05) is 18.0 Å². The minimum absolute atomic E-state index is 0.00828. The number of hydrogen-bond acceptors (Lipinski definition) is 3. The topological polar surface area (TPSA) is 74.6 Å². The molecule has 122 valence electrons. The Bertz CT molecular complexity index is 840. The molecule has 0 saturated heterocycles. The molecule has 1 aliphatic rings. The van der Waals surface area contributed by atoms with Crippen LogP contribution in [-0.2, 0) is 6.42 Å². The van der Waals surface area contributed by atoms with Crippen LogP contribution in [-0.4, -0.2) is 21.2 Å². The van der Waals surface area contributed by atoms with Gasteiger partial charge in [-0.15, -0.1) is 0 Å². The third kappa shape index (κ3) is 2.72. The Hall–Kier alpha value is -1.92. The number of nitrogens with zero attached hydrogens (tertiary/aromatic N) is 1. The second-order valence-corrected chi connectivity index (χ2v) is 6.46. The van der Waals surface area contributed by atoms with Crippen LogP contribution in [0, 0.1) is 4.77 Å². The van der Waals surface area contributed by atoms with Gasteiger partial charge in [-0.1, -0.05) is 31.2 Å². The van der Waals surface area contributed by atoms with Gasteiger partial charge >= 0.3 is 0 Å². The predicted molar refractivity (Wildman–Crippen MR) is 91.3 cm³/mol. The fourth-order valence-electron chi connectivity index (χ4n) is 3.30. The summed E-state index contributed by atoms with van der Waals surface area (Å²) in [5.41, 5.74) is 2.42. The van der Waals surface area contributed by atoms with Crippen molar-refractivity contribution < 1.29 is 10.4 Å². The van der Waals surface area contributed by atoms with Crippen molar-refractivity contribution in [3.8, 4) is 5.88 Å². The molecule has 2 atom stereocenters. The standard InChI is InChI=1S/C17H21N3O2S/c1-3-10(2)20-16(22)13(15(21)19-17(20)23)14-12-7-5-4-6-11(12)8-9-18-14/h4-7,10,14,18,22H,3,8-9H2,1-2H3,(H,19,21,23)/p+1/t10-,14+/m1/s1. The highest BCUT2D eigenvalue weighted by Gasteiger charge is 2.31. The summed E-state index contributed by atoms with van der Waals surface area (Å²) in [5.74, 6) is -0.00828. The molecular weight excluding hydrogens is 310 g/mol. The van der Waals surface area contributed by atoms with Gasteiger partial charge in [-0.05, 0) is 31.1 Å². The van der Waals surface area contributed by atoms with E-state index in [1.54, 1.807) is 4.57 Å². The molecule has 2 aromatic rings. The molecule has 0 aliphatic carbocycles. The summed E-state index contributed by atoms with van der Waals surface area (Å²) in [7, 11) is 0. The molecule has 4 N–H and O–H groups in total. The lowest BCUT2D eigenvalue weighted by atomic mass is 9.90. The fourth-order valence-corrected chi connectivity index (χ4v) is 3.65. The Kier molecular flexibility index (Phi) is 4.37. The van der Waals surface area contributed by atoms with E-state index in [9.17, 15) is 9.90 Å². The summed E-state index contributed by atoms with van der Waals surface area (Å²) < 4.78 is 1.92. The third-order valence-corrected chi connectivity index (χ3v) is 5.00. The van der Waals surface area contributed by atoms with Crippen molar-refractivity contribution in [2.75, 3.05) is 6.54 Å². The van der Waals surface area contributed by atoms with Crippen molar-refractivity contribution in [3.05, 3.63) is 56.1 Å². The molecular formula is C17H22N3O2S+. The Balaban J connectivity index is 2.22. The SMILES string of the molecule is CC[C@@H](C)n1c(O)c([C@H]2[NH2+]CCc3ccccc32)c(=O)[nH]c1=S. The molecule has 5 nitrogen and oxygen atoms in total. The van der Waals surface area contributed by atoms with E-state index < -0.39 is 0 Å². The van der Waals surface area contributed by atoms with Crippen molar-refractivity contribution >= 4 is 12.2 Å². The zero-order valence-corrected chi connectivity index (χ0v) is 14.2. The highest BCUT2D eigenvalue weighted by atomic mass is 32.1. The Morgan fingerprint density at radius 1 is 1.48 bits per heavy atom. The van der Waals surface area contributed by atoms with Crippen LogP contribution in [0.2, 0.25) is 0 Å². The normalized spacial score (nSPS) is 18.4. The number of nitrogens with two attached hydrogens (primary N) is 1. The molecule has 0 unspecified atom stereocenters. The lowest BCUT2D eigenvalue weighted by Gasteiger charge is -2.25. The number of fused-ring (bicyclic) bond motifs is 1. The van der Waals surface area contributed by atoms with Gasteiger partial charge < -0.3 is 10.4 Å². The van der Waals surface area contributed by atoms with E-state index in [1.165, 1.54) is 5.56 Å². The maximum absolute atomic E-state index is 12.5. The maximum Gasteiger partial charge on any atom is 0.265 e. The van der Waals surface area contributed by atoms with Gasteiger partial charge in [0.1, 0.15) is 11.6 Å². The molecule has 3 rings (SSSR count). The highest BCUT2D eigenvalue weighted by molar-refractivity contribution is 7.71. The number of H-pyrrole nitrogens is 1. The first-order chi connectivity index (χ1) is 11.0. The van der Waals surface area contributed by atoms with E-state index in [4.69, 9.17) is 12.2 Å². The molecule has 1 aromatic carbocycles. The molecule has 0 fully saturated rings. The molecule has 1 aliphatic heterocycles. The number of quaternary nitrogens is 1. The second kappa shape index (κ2) is 6.29. The fraction of sp³-hybridized carbons (Fsp3) is 0.412. The maximum atomic E-state index is 12.5. The summed E-state index contributed by atoms with van der Waals surface area (Å²) in [4.78, 5) is 15.3. The Labute approximate surface area is 140 Å². The molecule has 6 heteroatoms. The summed E-state index contributed by atoms with van der Waals surface area (Å²) in [6.45, 7) is 4.90. The van der Waals surface area contributed by atoms with Gasteiger partial charge in [0.25, 0.3) is 5.56 Å². The molecule has 0 spiro atoms. The van der Waals surface area contributed by atoms with Crippen molar-refractivity contribution in [1.82, 2.24) is 9.55 Å². The van der Waals surface area contributed by atoms with Crippen LogP contribution < -0.4 is 10.9 Å². The van der Waals surface area contributed by atoms with Crippen molar-refractivity contribution in [3.63, 3.8) is 0 Å². The predicted octanol–water partition coefficient (Wildman–Crippen LogP) is 1.79. The van der Waals surface area contributed by atoms with Crippen LogP contribution in [0.5, 0.6) is 5.88 Å². The molecule has 1 aromatic heterocycles. The molecule has 0 saturated carbocycles. The number of hydrogen-bond donors (Lipinski definition) is 3. The second-order valence-electron chi connectivity index (χ2n) is 6.07. The minimum Gasteiger partial charge on any atom is -0.494 e. The number of benzene rings is 1. The zero-order valence-electron chi connectivity index (χ0n) is 13.4. The van der Waals surface area contributed by atoms with Gasteiger partial charge in [0.05, 0.1) is 6.54 Å². The summed E-state index contributed by atoms with van der Waals surface area (Å²) in [6.07, 6.45) is 1.79. The molecule has 2 heterocycles. The van der Waals surface area contributed by atoms with Crippen LogP contribution in [0.25, 0.3) is 0 Å². The largest absolute Gasteiger partial charge is 0.494 e. The van der Waals surface area contributed by atoms with Gasteiger partial charge in [-0.25, -0.2) is 0 Å². The van der Waals surface area contributed by atoms with Crippen LogP contribution in [0.4, 0.5) is 0 Å². The number of aromatic amines is 1. The van der Waals surface area contributed by atoms with Crippen LogP contribution in [0.3, 0.4) is 0 Å². The van der Waals surface area contributed by atoms with E-state index in [0.717, 1.165) is 24.9 Å². The smallest absolute Gasteiger partial charge is 0.265 e. The Morgan fingerprint density at radius 2 is 2.22 bits per heavy atom. The van der Waals surface area contributed by atoms with Crippen LogP contribution in [0.15, 0.2) is 29.1 Å². The molecule has 0 amide bonds. The van der Waals surface area contributed by atoms with E-state index in [1.807, 2.05) is 32.0 Å². The quantitative estimate of drug-likeness (QED) is 0.750. The molecule has 0 bridgehead atoms. The average molecular weight is 332 g/mol. The third-order valence-electron chi connectivity index (χ3n) is 4.70. The van der Waals surface area contributed by atoms with E-state index in [2.05, 4.69) is 16.4 Å². The van der Waals surface area contributed by atoms with Crippen LogP contribution >= 0.6 is 12.2 Å². The summed E-state index contributed by atoms with van der Waals surface area (Å²) >= 11 is 5.25. The number of aromatic hydroxyl groups is 1. The first kappa shape index (κ1) is 16.0. The van der Waals surface area contributed by atoms with Gasteiger partial charge in [-0.2, -0.15) is 0 Å².